The van der Waals surface area contributed by atoms with Crippen LogP contribution in [0.4, 0.5) is 5.95 Å². The van der Waals surface area contributed by atoms with Crippen LogP contribution in [0.15, 0.2) is 24.3 Å². The van der Waals surface area contributed by atoms with Crippen LogP contribution in [-0.4, -0.2) is 15.9 Å². The molecule has 2 rings (SSSR count). The van der Waals surface area contributed by atoms with Crippen molar-refractivity contribution in [3.8, 4) is 5.75 Å². The summed E-state index contributed by atoms with van der Waals surface area (Å²) in [6, 6.07) is 7.83. The van der Waals surface area contributed by atoms with Crippen molar-refractivity contribution in [2.24, 2.45) is 5.84 Å². The highest BCUT2D eigenvalue weighted by atomic mass is 16.5. The number of ether oxygens (including phenoxy) is 1. The predicted octanol–water partition coefficient (Wildman–Crippen LogP) is 2.06. The molecule has 0 saturated carbocycles. The van der Waals surface area contributed by atoms with E-state index in [2.05, 4.69) is 29.2 Å². The number of benzene rings is 1. The van der Waals surface area contributed by atoms with Gasteiger partial charge in [0.1, 0.15) is 12.4 Å². The quantitative estimate of drug-likeness (QED) is 0.424. The van der Waals surface area contributed by atoms with E-state index in [-0.39, 0.29) is 18.1 Å². The number of nitrogens with zero attached hydrogens (tertiary/aromatic N) is 2. The molecule has 1 atom stereocenters. The Morgan fingerprint density at radius 3 is 2.71 bits per heavy atom. The van der Waals surface area contributed by atoms with Gasteiger partial charge in [-0.15, -0.1) is 0 Å². The molecule has 0 aliphatic rings. The fourth-order valence-electron chi connectivity index (χ4n) is 2.51. The van der Waals surface area contributed by atoms with Crippen molar-refractivity contribution >= 4 is 11.9 Å². The largest absolute Gasteiger partial charge is 0.487 e. The second-order valence-electron chi connectivity index (χ2n) is 5.60. The molecule has 24 heavy (non-hydrogen) atoms. The molecule has 1 aromatic carbocycles. The summed E-state index contributed by atoms with van der Waals surface area (Å²) in [5, 5.41) is 0. The van der Waals surface area contributed by atoms with E-state index in [1.165, 1.54) is 0 Å². The number of hydrazine groups is 1. The van der Waals surface area contributed by atoms with Crippen molar-refractivity contribution in [1.82, 2.24) is 15.4 Å². The Labute approximate surface area is 141 Å². The van der Waals surface area contributed by atoms with Crippen LogP contribution in [0.1, 0.15) is 53.5 Å². The Morgan fingerprint density at radius 2 is 2.04 bits per heavy atom. The Balaban J connectivity index is 2.32. The molecule has 0 aliphatic heterocycles. The summed E-state index contributed by atoms with van der Waals surface area (Å²) < 4.78 is 5.92. The number of para-hydroxylation sites is 1. The number of aryl methyl sites for hydroxylation is 1. The summed E-state index contributed by atoms with van der Waals surface area (Å²) >= 11 is 0. The van der Waals surface area contributed by atoms with Crippen LogP contribution in [0.3, 0.4) is 0 Å². The summed E-state index contributed by atoms with van der Waals surface area (Å²) in [4.78, 5) is 20.1. The lowest BCUT2D eigenvalue weighted by molar-refractivity contribution is 0.0949. The van der Waals surface area contributed by atoms with Gasteiger partial charge in [0.05, 0.1) is 17.0 Å². The molecule has 7 nitrogen and oxygen atoms in total. The first-order chi connectivity index (χ1) is 11.5. The van der Waals surface area contributed by atoms with Crippen molar-refractivity contribution in [3.05, 3.63) is 46.8 Å². The van der Waals surface area contributed by atoms with Gasteiger partial charge in [0.15, 0.2) is 0 Å². The third kappa shape index (κ3) is 3.80. The number of nitrogens with one attached hydrogen (secondary N) is 1. The number of amides is 1. The molecule has 0 radical (unpaired) electrons. The molecule has 1 aromatic heterocycles. The standard InChI is InChI=1S/C17H23N5O2/c1-4-10(2)12-7-5-6-8-14(12)24-9-13-15(16(23)22-19)11(3)20-17(18)21-13/h5-8,10H,4,9,19H2,1-3H3,(H,22,23)(H2,18,20,21). The number of aromatic nitrogens is 2. The maximum Gasteiger partial charge on any atom is 0.269 e. The van der Waals surface area contributed by atoms with Gasteiger partial charge in [-0.25, -0.2) is 15.8 Å². The van der Waals surface area contributed by atoms with E-state index in [0.717, 1.165) is 17.7 Å². The van der Waals surface area contributed by atoms with Gasteiger partial charge in [0, 0.05) is 0 Å². The highest BCUT2D eigenvalue weighted by molar-refractivity contribution is 5.95. The molecule has 0 aliphatic carbocycles. The number of nitrogen functional groups attached to an aromatic ring is 2. The molecule has 1 unspecified atom stereocenters. The number of nitrogens with two attached hydrogens (primary N) is 2. The van der Waals surface area contributed by atoms with Gasteiger partial charge >= 0.3 is 0 Å². The van der Waals surface area contributed by atoms with E-state index in [4.69, 9.17) is 16.3 Å². The Morgan fingerprint density at radius 1 is 1.33 bits per heavy atom. The molecule has 128 valence electrons. The smallest absolute Gasteiger partial charge is 0.269 e. The van der Waals surface area contributed by atoms with Crippen molar-refractivity contribution in [1.29, 1.82) is 0 Å². The van der Waals surface area contributed by atoms with Gasteiger partial charge in [-0.1, -0.05) is 32.0 Å². The minimum absolute atomic E-state index is 0.0925. The lowest BCUT2D eigenvalue weighted by atomic mass is 9.98. The molecular weight excluding hydrogens is 306 g/mol. The third-order valence-corrected chi connectivity index (χ3v) is 3.97. The van der Waals surface area contributed by atoms with Crippen molar-refractivity contribution in [2.75, 3.05) is 5.73 Å². The lowest BCUT2D eigenvalue weighted by Gasteiger charge is -2.17. The number of hydrogen-bond acceptors (Lipinski definition) is 6. The first-order valence-corrected chi connectivity index (χ1v) is 7.83. The summed E-state index contributed by atoms with van der Waals surface area (Å²) in [7, 11) is 0. The van der Waals surface area contributed by atoms with Crippen LogP contribution in [0.25, 0.3) is 0 Å². The SMILES string of the molecule is CCC(C)c1ccccc1OCc1nc(N)nc(C)c1C(=O)NN. The van der Waals surface area contributed by atoms with Crippen LogP contribution in [0, 0.1) is 6.92 Å². The normalized spacial score (nSPS) is 11.8. The first-order valence-electron chi connectivity index (χ1n) is 7.83. The molecule has 0 fully saturated rings. The van der Waals surface area contributed by atoms with Crippen LogP contribution in [0.5, 0.6) is 5.75 Å². The molecule has 1 amide bonds. The molecule has 1 heterocycles. The molecular formula is C17H23N5O2. The number of hydrogen-bond donors (Lipinski definition) is 3. The van der Waals surface area contributed by atoms with E-state index >= 15 is 0 Å². The van der Waals surface area contributed by atoms with Gasteiger partial charge in [-0.05, 0) is 30.9 Å². The summed E-state index contributed by atoms with van der Waals surface area (Å²) in [5.41, 5.74) is 10.1. The lowest BCUT2D eigenvalue weighted by Crippen LogP contribution is -2.32. The maximum absolute atomic E-state index is 12.0. The van der Waals surface area contributed by atoms with E-state index in [1.54, 1.807) is 6.92 Å². The second kappa shape index (κ2) is 7.74. The molecule has 7 heteroatoms. The van der Waals surface area contributed by atoms with Gasteiger partial charge in [-0.2, -0.15) is 0 Å². The fraction of sp³-hybridized carbons (Fsp3) is 0.353. The van der Waals surface area contributed by atoms with E-state index in [9.17, 15) is 4.79 Å². The minimum atomic E-state index is -0.471. The molecule has 0 saturated heterocycles. The van der Waals surface area contributed by atoms with Gasteiger partial charge in [0.25, 0.3) is 5.91 Å². The van der Waals surface area contributed by atoms with Crippen molar-refractivity contribution < 1.29 is 9.53 Å². The Bertz CT molecular complexity index is 733. The topological polar surface area (TPSA) is 116 Å². The van der Waals surface area contributed by atoms with E-state index in [0.29, 0.717) is 17.3 Å². The molecule has 2 aromatic rings. The highest BCUT2D eigenvalue weighted by Crippen LogP contribution is 2.29. The Kier molecular flexibility index (Phi) is 5.70. The molecule has 0 spiro atoms. The fourth-order valence-corrected chi connectivity index (χ4v) is 2.51. The van der Waals surface area contributed by atoms with Gasteiger partial charge in [-0.3, -0.25) is 10.2 Å². The number of carbonyl (C=O) groups excluding carboxylic acids is 1. The first kappa shape index (κ1) is 17.7. The zero-order valence-electron chi connectivity index (χ0n) is 14.2. The monoisotopic (exact) mass is 329 g/mol. The van der Waals surface area contributed by atoms with Crippen molar-refractivity contribution in [2.45, 2.75) is 39.7 Å². The van der Waals surface area contributed by atoms with Crippen LogP contribution >= 0.6 is 0 Å². The second-order valence-corrected chi connectivity index (χ2v) is 5.60. The zero-order chi connectivity index (χ0) is 17.7. The van der Waals surface area contributed by atoms with E-state index < -0.39 is 5.91 Å². The molecule has 5 N–H and O–H groups in total. The number of rotatable bonds is 6. The Hall–Kier alpha value is -2.67. The van der Waals surface area contributed by atoms with Gasteiger partial charge in [0.2, 0.25) is 5.95 Å². The minimum Gasteiger partial charge on any atom is -0.487 e. The zero-order valence-corrected chi connectivity index (χ0v) is 14.2. The average Bonchev–Trinajstić information content (AvgIpc) is 2.58. The summed E-state index contributed by atoms with van der Waals surface area (Å²) in [5.74, 6) is 5.99. The number of carbonyl (C=O) groups is 1. The number of anilines is 1. The highest BCUT2D eigenvalue weighted by Gasteiger charge is 2.18. The predicted molar refractivity (Wildman–Crippen MR) is 92.3 cm³/mol. The summed E-state index contributed by atoms with van der Waals surface area (Å²) in [6.45, 7) is 6.05. The van der Waals surface area contributed by atoms with Crippen LogP contribution in [0.2, 0.25) is 0 Å². The molecule has 0 bridgehead atoms. The van der Waals surface area contributed by atoms with Crippen LogP contribution < -0.4 is 21.7 Å². The third-order valence-electron chi connectivity index (χ3n) is 3.97. The van der Waals surface area contributed by atoms with E-state index in [1.807, 2.05) is 24.3 Å². The van der Waals surface area contributed by atoms with Crippen LogP contribution in [-0.2, 0) is 6.61 Å². The van der Waals surface area contributed by atoms with Crippen molar-refractivity contribution in [3.63, 3.8) is 0 Å². The maximum atomic E-state index is 12.0. The average molecular weight is 329 g/mol. The van der Waals surface area contributed by atoms with Gasteiger partial charge < -0.3 is 10.5 Å². The summed E-state index contributed by atoms with van der Waals surface area (Å²) in [6.07, 6.45) is 1.00.